The molecule has 3 heterocycles. The Morgan fingerprint density at radius 1 is 1.22 bits per heavy atom. The van der Waals surface area contributed by atoms with Gasteiger partial charge in [-0.15, -0.1) is 0 Å². The molecular formula is C22H27N3O2. The highest BCUT2D eigenvalue weighted by molar-refractivity contribution is 6.05. The van der Waals surface area contributed by atoms with Crippen molar-refractivity contribution >= 4 is 22.6 Å². The van der Waals surface area contributed by atoms with Gasteiger partial charge in [-0.25, -0.2) is 0 Å². The summed E-state index contributed by atoms with van der Waals surface area (Å²) in [5.41, 5.74) is 3.01. The van der Waals surface area contributed by atoms with E-state index < -0.39 is 0 Å². The molecule has 5 nitrogen and oxygen atoms in total. The number of para-hydroxylation sites is 1. The lowest BCUT2D eigenvalue weighted by Crippen LogP contribution is -2.40. The number of aryl methyl sites for hydroxylation is 1. The normalized spacial score (nSPS) is 30.4. The van der Waals surface area contributed by atoms with Crippen molar-refractivity contribution in [1.29, 1.82) is 0 Å². The average molecular weight is 365 g/mol. The molecule has 1 aromatic carbocycles. The molecule has 0 bridgehead atoms. The summed E-state index contributed by atoms with van der Waals surface area (Å²) in [5, 5.41) is 5.48. The fraction of sp³-hybridized carbons (Fsp3) is 0.591. The van der Waals surface area contributed by atoms with Gasteiger partial charge in [0, 0.05) is 24.4 Å². The Morgan fingerprint density at radius 2 is 2.07 bits per heavy atom. The third kappa shape index (κ3) is 2.62. The Balaban J connectivity index is 1.60. The van der Waals surface area contributed by atoms with Crippen LogP contribution in [0.2, 0.25) is 0 Å². The van der Waals surface area contributed by atoms with E-state index in [0.29, 0.717) is 23.2 Å². The molecule has 2 aromatic rings. The minimum absolute atomic E-state index is 0.0403. The van der Waals surface area contributed by atoms with Crippen LogP contribution < -0.4 is 0 Å². The van der Waals surface area contributed by atoms with Crippen molar-refractivity contribution in [2.24, 2.45) is 5.41 Å². The van der Waals surface area contributed by atoms with E-state index >= 15 is 0 Å². The van der Waals surface area contributed by atoms with Crippen molar-refractivity contribution in [1.82, 2.24) is 14.7 Å². The maximum atomic E-state index is 13.3. The number of Topliss-reactive ketones (excluding diaryl/α,β-unsaturated/α-hetero) is 1. The van der Waals surface area contributed by atoms with E-state index in [9.17, 15) is 9.59 Å². The van der Waals surface area contributed by atoms with Crippen LogP contribution in [0.5, 0.6) is 0 Å². The number of benzene rings is 1. The second-order valence-electron chi connectivity index (χ2n) is 9.01. The molecular weight excluding hydrogens is 338 g/mol. The summed E-state index contributed by atoms with van der Waals surface area (Å²) in [6.07, 6.45) is 7.89. The van der Waals surface area contributed by atoms with Crippen LogP contribution in [-0.2, 0) is 17.8 Å². The average Bonchev–Trinajstić information content (AvgIpc) is 2.99. The molecule has 1 saturated carbocycles. The molecule has 5 heteroatoms. The van der Waals surface area contributed by atoms with Crippen LogP contribution in [0.25, 0.3) is 10.9 Å². The van der Waals surface area contributed by atoms with E-state index in [1.807, 2.05) is 12.1 Å². The first-order valence-electron chi connectivity index (χ1n) is 10.3. The topological polar surface area (TPSA) is 55.2 Å². The van der Waals surface area contributed by atoms with E-state index in [1.54, 1.807) is 11.6 Å². The summed E-state index contributed by atoms with van der Waals surface area (Å²) in [5.74, 6) is 0.127. The fourth-order valence-electron chi connectivity index (χ4n) is 5.52. The predicted octanol–water partition coefficient (Wildman–Crippen LogP) is 3.73. The summed E-state index contributed by atoms with van der Waals surface area (Å²) in [7, 11) is 0. The Hall–Kier alpha value is -2.17. The molecule has 0 N–H and O–H groups in total. The second-order valence-corrected chi connectivity index (χ2v) is 9.01. The molecule has 2 fully saturated rings. The number of carbonyl (C=O) groups excluding carboxylic acids is 2. The maximum absolute atomic E-state index is 13.3. The Bertz CT molecular complexity index is 946. The summed E-state index contributed by atoms with van der Waals surface area (Å²) in [6, 6.07) is 6.89. The van der Waals surface area contributed by atoms with Crippen LogP contribution in [0.15, 0.2) is 18.2 Å². The molecule has 5 rings (SSSR count). The molecule has 27 heavy (non-hydrogen) atoms. The summed E-state index contributed by atoms with van der Waals surface area (Å²) in [6.45, 7) is 4.12. The second kappa shape index (κ2) is 5.91. The maximum Gasteiger partial charge on any atom is 0.244 e. The Kier molecular flexibility index (Phi) is 3.72. The number of aromatic nitrogens is 2. The smallest absolute Gasteiger partial charge is 0.244 e. The predicted molar refractivity (Wildman–Crippen MR) is 104 cm³/mol. The number of amides is 1. The Morgan fingerprint density at radius 3 is 2.89 bits per heavy atom. The van der Waals surface area contributed by atoms with Crippen LogP contribution in [-0.4, -0.2) is 38.5 Å². The van der Waals surface area contributed by atoms with Crippen molar-refractivity contribution in [3.8, 4) is 0 Å². The number of hydrogen-bond donors (Lipinski definition) is 0. The molecule has 1 amide bonds. The van der Waals surface area contributed by atoms with Crippen LogP contribution in [0.4, 0.5) is 0 Å². The van der Waals surface area contributed by atoms with Crippen LogP contribution >= 0.6 is 0 Å². The molecule has 1 aliphatic carbocycles. The first-order valence-corrected chi connectivity index (χ1v) is 10.3. The van der Waals surface area contributed by atoms with Gasteiger partial charge in [0.15, 0.2) is 5.78 Å². The van der Waals surface area contributed by atoms with Crippen molar-refractivity contribution in [3.63, 3.8) is 0 Å². The van der Waals surface area contributed by atoms with Crippen molar-refractivity contribution in [2.75, 3.05) is 0 Å². The van der Waals surface area contributed by atoms with Gasteiger partial charge in [0.25, 0.3) is 0 Å². The number of fused-ring (bicyclic) bond motifs is 3. The van der Waals surface area contributed by atoms with E-state index in [0.717, 1.165) is 43.0 Å². The monoisotopic (exact) mass is 365 g/mol. The van der Waals surface area contributed by atoms with Crippen molar-refractivity contribution in [2.45, 2.75) is 77.4 Å². The quantitative estimate of drug-likeness (QED) is 0.724. The molecule has 0 spiro atoms. The zero-order chi connectivity index (χ0) is 18.8. The summed E-state index contributed by atoms with van der Waals surface area (Å²) in [4.78, 5) is 27.6. The number of rotatable bonds is 1. The zero-order valence-electron chi connectivity index (χ0n) is 16.2. The standard InChI is InChI=1S/C22H27N3O2/c1-14(26)20-17-10-6-8-15-7-4-3-5-9-16-11-22(2)12-18(22)25(16)19(27)13-24(23-20)21(15)17/h6,8,10,16,18H,3-5,7,9,11-13H2,1-2H3/t16-,18-,22+/m1/s1. The number of carbonyl (C=O) groups is 2. The highest BCUT2D eigenvalue weighted by atomic mass is 16.2. The lowest BCUT2D eigenvalue weighted by molar-refractivity contribution is -0.134. The molecule has 0 radical (unpaired) electrons. The van der Waals surface area contributed by atoms with Crippen LogP contribution in [0, 0.1) is 5.41 Å². The molecule has 1 aromatic heterocycles. The van der Waals surface area contributed by atoms with Crippen LogP contribution in [0.3, 0.4) is 0 Å². The van der Waals surface area contributed by atoms with Gasteiger partial charge in [0.05, 0.1) is 5.52 Å². The van der Waals surface area contributed by atoms with E-state index in [4.69, 9.17) is 0 Å². The lowest BCUT2D eigenvalue weighted by atomic mass is 9.96. The van der Waals surface area contributed by atoms with Crippen molar-refractivity contribution in [3.05, 3.63) is 29.5 Å². The fourth-order valence-corrected chi connectivity index (χ4v) is 5.52. The first kappa shape index (κ1) is 17.0. The summed E-state index contributed by atoms with van der Waals surface area (Å²) >= 11 is 0. The van der Waals surface area contributed by atoms with Gasteiger partial charge in [-0.3, -0.25) is 14.3 Å². The zero-order valence-corrected chi connectivity index (χ0v) is 16.2. The van der Waals surface area contributed by atoms with E-state index in [1.165, 1.54) is 18.4 Å². The van der Waals surface area contributed by atoms with Gasteiger partial charge < -0.3 is 4.90 Å². The molecule has 0 unspecified atom stereocenters. The first-order chi connectivity index (χ1) is 13.0. The molecule has 2 aliphatic heterocycles. The van der Waals surface area contributed by atoms with E-state index in [-0.39, 0.29) is 18.2 Å². The van der Waals surface area contributed by atoms with Crippen molar-refractivity contribution < 1.29 is 9.59 Å². The highest BCUT2D eigenvalue weighted by Gasteiger charge is 2.62. The largest absolute Gasteiger partial charge is 0.335 e. The van der Waals surface area contributed by atoms with Gasteiger partial charge in [-0.05, 0) is 43.1 Å². The third-order valence-corrected chi connectivity index (χ3v) is 6.98. The Labute approximate surface area is 159 Å². The minimum Gasteiger partial charge on any atom is -0.335 e. The molecule has 142 valence electrons. The third-order valence-electron chi connectivity index (χ3n) is 6.98. The van der Waals surface area contributed by atoms with Gasteiger partial charge in [0.1, 0.15) is 12.2 Å². The van der Waals surface area contributed by atoms with Gasteiger partial charge in [0.2, 0.25) is 5.91 Å². The lowest BCUT2D eigenvalue weighted by Gasteiger charge is -2.28. The van der Waals surface area contributed by atoms with Crippen LogP contribution in [0.1, 0.15) is 68.4 Å². The van der Waals surface area contributed by atoms with Gasteiger partial charge in [-0.2, -0.15) is 5.10 Å². The number of piperidine rings is 1. The minimum atomic E-state index is -0.0403. The van der Waals surface area contributed by atoms with E-state index in [2.05, 4.69) is 23.0 Å². The SMILES string of the molecule is CC(=O)c1nn2c3c(cccc13)CCCCC[C@@H]1C[C@@]3(C)C[C@H]3N1C(=O)C2. The molecule has 3 atom stereocenters. The summed E-state index contributed by atoms with van der Waals surface area (Å²) < 4.78 is 1.81. The number of nitrogens with zero attached hydrogens (tertiary/aromatic N) is 3. The number of ketones is 1. The molecule has 3 aliphatic rings. The highest BCUT2D eigenvalue weighted by Crippen LogP contribution is 2.59. The number of hydrogen-bond acceptors (Lipinski definition) is 3. The molecule has 1 saturated heterocycles. The van der Waals surface area contributed by atoms with Gasteiger partial charge in [-0.1, -0.05) is 38.0 Å². The van der Waals surface area contributed by atoms with Gasteiger partial charge >= 0.3 is 0 Å².